The zero-order valence-electron chi connectivity index (χ0n) is 22.1. The van der Waals surface area contributed by atoms with Crippen LogP contribution in [0.3, 0.4) is 0 Å². The van der Waals surface area contributed by atoms with Crippen molar-refractivity contribution in [2.24, 2.45) is 5.41 Å². The average molecular weight is 554 g/mol. The van der Waals surface area contributed by atoms with E-state index in [1.807, 2.05) is 17.3 Å². The van der Waals surface area contributed by atoms with Crippen LogP contribution in [0.15, 0.2) is 54.5 Å². The number of aromatic nitrogens is 1. The molecule has 0 amide bonds. The number of benzene rings is 2. The van der Waals surface area contributed by atoms with Crippen LogP contribution in [0, 0.1) is 22.6 Å². The molecule has 0 bridgehead atoms. The van der Waals surface area contributed by atoms with Gasteiger partial charge in [-0.15, -0.1) is 5.53 Å². The van der Waals surface area contributed by atoms with E-state index in [9.17, 15) is 9.65 Å². The maximum Gasteiger partial charge on any atom is 0.123 e. The number of hydrogen-bond donors (Lipinski definition) is 4. The van der Waals surface area contributed by atoms with Gasteiger partial charge in [-0.2, -0.15) is 5.26 Å². The molecule has 1 aromatic heterocycles. The standard InChI is InChI=1S/C30H30BClFN7/c31-30(19-4-6-20(33)7-5-19,26-17-40(39-38-26)22-8-9-22)37-21-12-23-27(18(15-34)16-35-28(23)24(32)13-21)36-25-14-29(25)10-2-1-3-11-29/h4-7,12-13,16-17,22,25,37-39H,1-3,8-11,14H2,(H,35,36). The molecule has 0 saturated heterocycles. The number of pyridine rings is 1. The molecule has 3 aliphatic carbocycles. The fourth-order valence-electron chi connectivity index (χ4n) is 6.42. The van der Waals surface area contributed by atoms with Crippen LogP contribution in [0.4, 0.5) is 15.8 Å². The summed E-state index contributed by atoms with van der Waals surface area (Å²) in [6.45, 7) is 0. The van der Waals surface area contributed by atoms with Gasteiger partial charge in [0, 0.05) is 35.6 Å². The molecule has 10 heteroatoms. The lowest BCUT2D eigenvalue weighted by Gasteiger charge is -2.34. The summed E-state index contributed by atoms with van der Waals surface area (Å²) in [5.74, 6) is -0.340. The first-order valence-corrected chi connectivity index (χ1v) is 14.4. The van der Waals surface area contributed by atoms with Crippen molar-refractivity contribution < 1.29 is 4.39 Å². The van der Waals surface area contributed by atoms with E-state index in [2.05, 4.69) is 32.6 Å². The Morgan fingerprint density at radius 1 is 1.18 bits per heavy atom. The summed E-state index contributed by atoms with van der Waals surface area (Å²) in [6.07, 6.45) is 13.2. The van der Waals surface area contributed by atoms with E-state index in [1.165, 1.54) is 44.2 Å². The number of nitrogens with one attached hydrogen (secondary N) is 4. The van der Waals surface area contributed by atoms with Crippen LogP contribution in [-0.2, 0) is 5.44 Å². The third-order valence-electron chi connectivity index (χ3n) is 9.00. The van der Waals surface area contributed by atoms with E-state index in [0.717, 1.165) is 30.3 Å². The molecule has 2 radical (unpaired) electrons. The van der Waals surface area contributed by atoms with Gasteiger partial charge in [0.2, 0.25) is 0 Å². The number of anilines is 2. The second-order valence-electron chi connectivity index (χ2n) is 11.7. The van der Waals surface area contributed by atoms with Gasteiger partial charge in [-0.25, -0.2) is 4.39 Å². The van der Waals surface area contributed by atoms with Gasteiger partial charge < -0.3 is 16.1 Å². The third-order valence-corrected chi connectivity index (χ3v) is 9.29. The Bertz CT molecular complexity index is 1540. The van der Waals surface area contributed by atoms with E-state index in [1.54, 1.807) is 24.4 Å². The normalized spacial score (nSPS) is 22.8. The van der Waals surface area contributed by atoms with Crippen LogP contribution < -0.4 is 21.6 Å². The minimum Gasteiger partial charge on any atom is -0.380 e. The number of nitrogens with zero attached hydrogens (tertiary/aromatic N) is 3. The van der Waals surface area contributed by atoms with Crippen molar-refractivity contribution in [2.45, 2.75) is 68.9 Å². The molecule has 3 fully saturated rings. The topological polar surface area (TPSA) is 88.0 Å². The van der Waals surface area contributed by atoms with E-state index < -0.39 is 5.44 Å². The zero-order valence-corrected chi connectivity index (χ0v) is 22.9. The Labute approximate surface area is 239 Å². The molecule has 4 aliphatic rings. The summed E-state index contributed by atoms with van der Waals surface area (Å²) in [7, 11) is 7.10. The van der Waals surface area contributed by atoms with Gasteiger partial charge in [0.15, 0.2) is 0 Å². The monoisotopic (exact) mass is 553 g/mol. The Morgan fingerprint density at radius 3 is 2.67 bits per heavy atom. The lowest BCUT2D eigenvalue weighted by atomic mass is 9.69. The molecule has 7 rings (SSSR count). The van der Waals surface area contributed by atoms with Gasteiger partial charge in [0.05, 0.1) is 32.9 Å². The Balaban J connectivity index is 1.28. The first-order valence-electron chi connectivity index (χ1n) is 14.0. The van der Waals surface area contributed by atoms with Crippen molar-refractivity contribution >= 4 is 41.7 Å². The smallest absolute Gasteiger partial charge is 0.123 e. The summed E-state index contributed by atoms with van der Waals surface area (Å²) in [6, 6.07) is 12.9. The minimum atomic E-state index is -1.24. The lowest BCUT2D eigenvalue weighted by molar-refractivity contribution is 0.260. The van der Waals surface area contributed by atoms with Crippen molar-refractivity contribution in [3.8, 4) is 6.07 Å². The molecule has 4 N–H and O–H groups in total. The maximum absolute atomic E-state index is 13.9. The van der Waals surface area contributed by atoms with Gasteiger partial charge in [0.1, 0.15) is 19.7 Å². The molecule has 3 aromatic rings. The van der Waals surface area contributed by atoms with E-state index >= 15 is 0 Å². The SMILES string of the molecule is [B]C(Nc1cc(Cl)c2ncc(C#N)c(NC3CC34CCCCC4)c2c1)(C1=CN(C2CC2)NN1)c1ccc(F)cc1. The summed E-state index contributed by atoms with van der Waals surface area (Å²) in [5, 5.41) is 20.4. The number of hydrazine groups is 2. The molecular weight excluding hydrogens is 524 g/mol. The Morgan fingerprint density at radius 2 is 1.95 bits per heavy atom. The van der Waals surface area contributed by atoms with E-state index in [4.69, 9.17) is 19.4 Å². The highest BCUT2D eigenvalue weighted by Gasteiger charge is 2.54. The molecule has 7 nitrogen and oxygen atoms in total. The highest BCUT2D eigenvalue weighted by Crippen LogP contribution is 2.58. The first-order chi connectivity index (χ1) is 19.4. The molecule has 2 heterocycles. The number of fused-ring (bicyclic) bond motifs is 1. The highest BCUT2D eigenvalue weighted by atomic mass is 35.5. The number of hydrogen-bond acceptors (Lipinski definition) is 7. The van der Waals surface area contributed by atoms with Gasteiger partial charge in [-0.3, -0.25) is 9.99 Å². The zero-order chi connectivity index (χ0) is 27.5. The van der Waals surface area contributed by atoms with Crippen molar-refractivity contribution in [2.75, 3.05) is 10.6 Å². The second kappa shape index (κ2) is 9.57. The van der Waals surface area contributed by atoms with Crippen molar-refractivity contribution in [3.05, 3.63) is 76.5 Å². The Hall–Kier alpha value is -3.48. The van der Waals surface area contributed by atoms with Crippen molar-refractivity contribution in [1.82, 2.24) is 21.0 Å². The first kappa shape index (κ1) is 25.5. The average Bonchev–Trinajstić information content (AvgIpc) is 3.86. The number of nitriles is 1. The quantitative estimate of drug-likeness (QED) is 0.275. The van der Waals surface area contributed by atoms with Gasteiger partial charge in [-0.1, -0.05) is 43.0 Å². The molecule has 2 unspecified atom stereocenters. The molecule has 40 heavy (non-hydrogen) atoms. The van der Waals surface area contributed by atoms with Crippen LogP contribution in [0.25, 0.3) is 10.9 Å². The molecule has 2 atom stereocenters. The van der Waals surface area contributed by atoms with Gasteiger partial charge in [0.25, 0.3) is 0 Å². The van der Waals surface area contributed by atoms with Gasteiger partial charge in [-0.05, 0) is 67.3 Å². The summed E-state index contributed by atoms with van der Waals surface area (Å²) < 4.78 is 13.9. The molecular formula is C30H30BClFN7. The van der Waals surface area contributed by atoms with Gasteiger partial charge >= 0.3 is 0 Å². The number of rotatable bonds is 7. The fourth-order valence-corrected chi connectivity index (χ4v) is 6.69. The molecule has 2 aromatic carbocycles. The van der Waals surface area contributed by atoms with Crippen molar-refractivity contribution in [1.29, 1.82) is 5.26 Å². The van der Waals surface area contributed by atoms with Crippen LogP contribution in [0.1, 0.15) is 62.5 Å². The van der Waals surface area contributed by atoms with Crippen molar-refractivity contribution in [3.63, 3.8) is 0 Å². The molecule has 1 spiro atoms. The third kappa shape index (κ3) is 4.44. The fraction of sp³-hybridized carbons (Fsp3) is 0.400. The van der Waals surface area contributed by atoms with Crippen LogP contribution >= 0.6 is 11.6 Å². The summed E-state index contributed by atoms with van der Waals surface area (Å²) in [5.41, 5.74) is 9.35. The Kier molecular flexibility index (Phi) is 6.10. The van der Waals surface area contributed by atoms with E-state index in [-0.39, 0.29) is 5.82 Å². The molecule has 3 saturated carbocycles. The summed E-state index contributed by atoms with van der Waals surface area (Å²) >= 11 is 6.80. The lowest BCUT2D eigenvalue weighted by Crippen LogP contribution is -2.45. The van der Waals surface area contributed by atoms with Crippen LogP contribution in [-0.4, -0.2) is 29.9 Å². The van der Waals surface area contributed by atoms with Crippen LogP contribution in [0.2, 0.25) is 5.02 Å². The molecule has 1 aliphatic heterocycles. The largest absolute Gasteiger partial charge is 0.380 e. The highest BCUT2D eigenvalue weighted by molar-refractivity contribution is 6.36. The predicted molar refractivity (Wildman–Crippen MR) is 156 cm³/mol. The summed E-state index contributed by atoms with van der Waals surface area (Å²) in [4.78, 5) is 4.53. The second-order valence-corrected chi connectivity index (χ2v) is 12.1. The number of halogens is 2. The predicted octanol–water partition coefficient (Wildman–Crippen LogP) is 5.80. The van der Waals surface area contributed by atoms with E-state index in [0.29, 0.717) is 50.5 Å². The minimum absolute atomic E-state index is 0.330. The maximum atomic E-state index is 13.9. The molecule has 202 valence electrons. The van der Waals surface area contributed by atoms with Crippen LogP contribution in [0.5, 0.6) is 0 Å².